The fraction of sp³-hybridized carbons (Fsp3) is 0.190. The van der Waals surface area contributed by atoms with Crippen molar-refractivity contribution in [3.8, 4) is 10.9 Å². The predicted octanol–water partition coefficient (Wildman–Crippen LogP) is 3.97. The van der Waals surface area contributed by atoms with Crippen molar-refractivity contribution in [2.45, 2.75) is 6.10 Å². The van der Waals surface area contributed by atoms with Crippen LogP contribution in [0.3, 0.4) is 0 Å². The molecule has 1 aliphatic heterocycles. The van der Waals surface area contributed by atoms with Gasteiger partial charge in [-0.1, -0.05) is 41.1 Å². The van der Waals surface area contributed by atoms with Gasteiger partial charge in [0.2, 0.25) is 0 Å². The first-order valence-electron chi connectivity index (χ1n) is 9.15. The Morgan fingerprint density at radius 3 is 2.83 bits per heavy atom. The van der Waals surface area contributed by atoms with Gasteiger partial charge in [0.1, 0.15) is 17.2 Å². The second kappa shape index (κ2) is 7.30. The molecule has 0 spiro atoms. The van der Waals surface area contributed by atoms with Gasteiger partial charge in [-0.15, -0.1) is 0 Å². The number of hydrogen-bond donors (Lipinski definition) is 0. The van der Waals surface area contributed by atoms with Crippen molar-refractivity contribution in [1.82, 2.24) is 9.88 Å². The third-order valence-electron chi connectivity index (χ3n) is 4.93. The quantitative estimate of drug-likeness (QED) is 0.445. The highest BCUT2D eigenvalue weighted by Crippen LogP contribution is 2.33. The molecular formula is C21H15ClN2O5S. The van der Waals surface area contributed by atoms with E-state index < -0.39 is 5.63 Å². The normalized spacial score (nSPS) is 14.1. The number of para-hydroxylation sites is 2. The molecule has 9 heteroatoms. The summed E-state index contributed by atoms with van der Waals surface area (Å²) >= 11 is 7.56. The van der Waals surface area contributed by atoms with Crippen LogP contribution in [0.4, 0.5) is 0 Å². The Balaban J connectivity index is 1.31. The number of benzene rings is 2. The SMILES string of the molecule is COc1cccc2cc(C(=O)N3CC(Oc4nc5c(Cl)cccc5s4)C3)c(=O)oc12. The molecule has 1 saturated heterocycles. The van der Waals surface area contributed by atoms with Gasteiger partial charge in [-0.2, -0.15) is 0 Å². The number of methoxy groups -OCH3 is 1. The summed E-state index contributed by atoms with van der Waals surface area (Å²) in [4.78, 5) is 31.1. The maximum atomic E-state index is 12.8. The number of likely N-dealkylation sites (tertiary alicyclic amines) is 1. The van der Waals surface area contributed by atoms with Crippen LogP contribution in [0.1, 0.15) is 10.4 Å². The molecule has 0 unspecified atom stereocenters. The molecule has 0 N–H and O–H groups in total. The monoisotopic (exact) mass is 442 g/mol. The minimum atomic E-state index is -0.692. The molecule has 0 bridgehead atoms. The van der Waals surface area contributed by atoms with E-state index in [0.717, 1.165) is 4.70 Å². The van der Waals surface area contributed by atoms with E-state index in [1.807, 2.05) is 12.1 Å². The van der Waals surface area contributed by atoms with Crippen LogP contribution < -0.4 is 15.1 Å². The molecule has 5 rings (SSSR count). The van der Waals surface area contributed by atoms with Gasteiger partial charge in [0, 0.05) is 5.39 Å². The maximum absolute atomic E-state index is 12.8. The molecule has 0 aliphatic carbocycles. The van der Waals surface area contributed by atoms with Crippen LogP contribution in [0.5, 0.6) is 10.9 Å². The van der Waals surface area contributed by atoms with Crippen LogP contribution in [-0.4, -0.2) is 42.1 Å². The Bertz CT molecular complexity index is 1340. The van der Waals surface area contributed by atoms with Crippen molar-refractivity contribution >= 4 is 50.0 Å². The highest BCUT2D eigenvalue weighted by molar-refractivity contribution is 7.20. The Morgan fingerprint density at radius 2 is 2.07 bits per heavy atom. The highest BCUT2D eigenvalue weighted by Gasteiger charge is 2.35. The summed E-state index contributed by atoms with van der Waals surface area (Å²) < 4.78 is 17.4. The van der Waals surface area contributed by atoms with Gasteiger partial charge in [-0.05, 0) is 24.3 Å². The number of amides is 1. The first-order chi connectivity index (χ1) is 14.5. The maximum Gasteiger partial charge on any atom is 0.349 e. The summed E-state index contributed by atoms with van der Waals surface area (Å²) in [5.41, 5.74) is 0.319. The Labute approximate surface area is 179 Å². The van der Waals surface area contributed by atoms with Crippen molar-refractivity contribution in [3.05, 3.63) is 63.5 Å². The predicted molar refractivity (Wildman–Crippen MR) is 114 cm³/mol. The van der Waals surface area contributed by atoms with Crippen LogP contribution in [0, 0.1) is 0 Å². The zero-order valence-corrected chi connectivity index (χ0v) is 17.3. The van der Waals surface area contributed by atoms with Crippen molar-refractivity contribution in [3.63, 3.8) is 0 Å². The zero-order chi connectivity index (χ0) is 20.8. The summed E-state index contributed by atoms with van der Waals surface area (Å²) in [5, 5.41) is 1.70. The minimum Gasteiger partial charge on any atom is -0.493 e. The van der Waals surface area contributed by atoms with Crippen molar-refractivity contribution in [2.24, 2.45) is 0 Å². The molecule has 1 aliphatic rings. The molecule has 7 nitrogen and oxygen atoms in total. The second-order valence-electron chi connectivity index (χ2n) is 6.84. The smallest absolute Gasteiger partial charge is 0.349 e. The molecule has 4 aromatic rings. The fourth-order valence-corrected chi connectivity index (χ4v) is 4.54. The lowest BCUT2D eigenvalue weighted by molar-refractivity contribution is 0.0175. The van der Waals surface area contributed by atoms with Crippen LogP contribution >= 0.6 is 22.9 Å². The van der Waals surface area contributed by atoms with Crippen LogP contribution in [0.15, 0.2) is 51.7 Å². The largest absolute Gasteiger partial charge is 0.493 e. The Morgan fingerprint density at radius 1 is 1.27 bits per heavy atom. The molecule has 3 heterocycles. The minimum absolute atomic E-state index is 0.0130. The molecular weight excluding hydrogens is 428 g/mol. The van der Waals surface area contributed by atoms with E-state index in [1.165, 1.54) is 24.5 Å². The standard InChI is InChI=1S/C21H15ClN2O5S/c1-27-15-6-2-4-11-8-13(20(26)29-18(11)15)19(25)24-9-12(10-24)28-21-23-17-14(22)5-3-7-16(17)30-21/h2-8,12H,9-10H2,1H3. The average molecular weight is 443 g/mol. The van der Waals surface area contributed by atoms with Crippen LogP contribution in [-0.2, 0) is 0 Å². The van der Waals surface area contributed by atoms with Gasteiger partial charge < -0.3 is 18.8 Å². The molecule has 0 atom stereocenters. The summed E-state index contributed by atoms with van der Waals surface area (Å²) in [6, 6.07) is 12.3. The highest BCUT2D eigenvalue weighted by atomic mass is 35.5. The lowest BCUT2D eigenvalue weighted by Crippen LogP contribution is -2.56. The van der Waals surface area contributed by atoms with Gasteiger partial charge in [-0.25, -0.2) is 9.78 Å². The van der Waals surface area contributed by atoms with Crippen LogP contribution in [0.25, 0.3) is 21.2 Å². The zero-order valence-electron chi connectivity index (χ0n) is 15.8. The van der Waals surface area contributed by atoms with E-state index in [0.29, 0.717) is 45.5 Å². The van der Waals surface area contributed by atoms with Crippen molar-refractivity contribution in [2.75, 3.05) is 20.2 Å². The lowest BCUT2D eigenvalue weighted by atomic mass is 10.1. The molecule has 30 heavy (non-hydrogen) atoms. The van der Waals surface area contributed by atoms with Gasteiger partial charge >= 0.3 is 5.63 Å². The topological polar surface area (TPSA) is 81.9 Å². The summed E-state index contributed by atoms with van der Waals surface area (Å²) in [7, 11) is 1.49. The van der Waals surface area contributed by atoms with Gasteiger partial charge in [0.05, 0.1) is 29.9 Å². The summed E-state index contributed by atoms with van der Waals surface area (Å²) in [6.07, 6.45) is -0.194. The number of halogens is 1. The number of fused-ring (bicyclic) bond motifs is 2. The van der Waals surface area contributed by atoms with E-state index in [-0.39, 0.29) is 17.6 Å². The van der Waals surface area contributed by atoms with Gasteiger partial charge in [0.25, 0.3) is 11.1 Å². The number of aromatic nitrogens is 1. The average Bonchev–Trinajstić information content (AvgIpc) is 3.13. The van der Waals surface area contributed by atoms with Crippen molar-refractivity contribution in [1.29, 1.82) is 0 Å². The van der Waals surface area contributed by atoms with Crippen molar-refractivity contribution < 1.29 is 18.7 Å². The number of nitrogens with zero attached hydrogens (tertiary/aromatic N) is 2. The number of carbonyl (C=O) groups excluding carboxylic acids is 1. The van der Waals surface area contributed by atoms with Gasteiger partial charge in [-0.3, -0.25) is 4.79 Å². The fourth-order valence-electron chi connectivity index (χ4n) is 3.36. The van der Waals surface area contributed by atoms with E-state index in [2.05, 4.69) is 4.98 Å². The number of ether oxygens (including phenoxy) is 2. The molecule has 152 valence electrons. The lowest BCUT2D eigenvalue weighted by Gasteiger charge is -2.38. The number of thiazole rings is 1. The van der Waals surface area contributed by atoms with E-state index >= 15 is 0 Å². The Kier molecular flexibility index (Phi) is 4.60. The van der Waals surface area contributed by atoms with E-state index in [4.69, 9.17) is 25.5 Å². The molecule has 2 aromatic carbocycles. The summed E-state index contributed by atoms with van der Waals surface area (Å²) in [6.45, 7) is 0.718. The molecule has 1 fully saturated rings. The molecule has 1 amide bonds. The van der Waals surface area contributed by atoms with Crippen LogP contribution in [0.2, 0.25) is 5.02 Å². The second-order valence-corrected chi connectivity index (χ2v) is 8.24. The Hall–Kier alpha value is -3.10. The molecule has 2 aromatic heterocycles. The van der Waals surface area contributed by atoms with E-state index in [9.17, 15) is 9.59 Å². The summed E-state index contributed by atoms with van der Waals surface area (Å²) in [5.74, 6) is 0.0533. The molecule has 0 radical (unpaired) electrons. The third kappa shape index (κ3) is 3.18. The number of hydrogen-bond acceptors (Lipinski definition) is 7. The van der Waals surface area contributed by atoms with E-state index in [1.54, 1.807) is 29.2 Å². The van der Waals surface area contributed by atoms with Gasteiger partial charge in [0.15, 0.2) is 11.3 Å². The number of rotatable bonds is 4. The molecule has 0 saturated carbocycles. The first-order valence-corrected chi connectivity index (χ1v) is 10.3. The first kappa shape index (κ1) is 18.9. The number of carbonyl (C=O) groups is 1. The third-order valence-corrected chi connectivity index (χ3v) is 6.14.